The van der Waals surface area contributed by atoms with Crippen LogP contribution in [-0.2, 0) is 4.74 Å². The van der Waals surface area contributed by atoms with Gasteiger partial charge < -0.3 is 15.0 Å². The number of halogens is 3. The number of hydrogen-bond donors (Lipinski definition) is 1. The Kier molecular flexibility index (Phi) is 5.46. The second-order valence-corrected chi connectivity index (χ2v) is 6.55. The number of aromatic nitrogens is 1. The number of amides is 1. The van der Waals surface area contributed by atoms with Crippen molar-refractivity contribution >= 4 is 11.7 Å². The molecule has 1 saturated carbocycles. The standard InChI is InChI=1S/C17H22F3N3O2/c18-17(19,20)12-3-1-4-13(11-12)22-16(24)14-5-2-6-21-15(14)23-7-9-25-10-8-23/h2,5-6,12-13H,1,3-4,7-11H2,(H,22,24)/t12-,13-/m1/s1. The van der Waals surface area contributed by atoms with E-state index in [1.165, 1.54) is 0 Å². The van der Waals surface area contributed by atoms with E-state index in [9.17, 15) is 18.0 Å². The van der Waals surface area contributed by atoms with Crippen molar-refractivity contribution < 1.29 is 22.7 Å². The molecule has 1 aromatic heterocycles. The lowest BCUT2D eigenvalue weighted by Gasteiger charge is -2.32. The Morgan fingerprint density at radius 1 is 1.28 bits per heavy atom. The molecule has 1 N–H and O–H groups in total. The Morgan fingerprint density at radius 2 is 2.04 bits per heavy atom. The van der Waals surface area contributed by atoms with Gasteiger partial charge in [0.05, 0.1) is 24.7 Å². The molecule has 3 rings (SSSR count). The molecule has 1 aliphatic carbocycles. The van der Waals surface area contributed by atoms with Crippen molar-refractivity contribution in [1.29, 1.82) is 0 Å². The SMILES string of the molecule is O=C(N[C@@H]1CCC[C@@H](C(F)(F)F)C1)c1cccnc1N1CCOCC1. The third-order valence-electron chi connectivity index (χ3n) is 4.81. The van der Waals surface area contributed by atoms with Gasteiger partial charge in [-0.05, 0) is 31.4 Å². The van der Waals surface area contributed by atoms with Crippen LogP contribution in [-0.4, -0.2) is 49.4 Å². The summed E-state index contributed by atoms with van der Waals surface area (Å²) >= 11 is 0. The van der Waals surface area contributed by atoms with Gasteiger partial charge in [-0.3, -0.25) is 4.79 Å². The summed E-state index contributed by atoms with van der Waals surface area (Å²) in [6, 6.07) is 2.88. The molecule has 2 fully saturated rings. The van der Waals surface area contributed by atoms with E-state index in [2.05, 4.69) is 10.3 Å². The molecule has 1 saturated heterocycles. The van der Waals surface area contributed by atoms with Gasteiger partial charge in [0.15, 0.2) is 0 Å². The number of anilines is 1. The minimum Gasteiger partial charge on any atom is -0.378 e. The highest BCUT2D eigenvalue weighted by atomic mass is 19.4. The molecular formula is C17H22F3N3O2. The molecule has 2 heterocycles. The third-order valence-corrected chi connectivity index (χ3v) is 4.81. The summed E-state index contributed by atoms with van der Waals surface area (Å²) in [7, 11) is 0. The van der Waals surface area contributed by atoms with E-state index in [0.29, 0.717) is 50.5 Å². The van der Waals surface area contributed by atoms with Gasteiger partial charge in [0.2, 0.25) is 0 Å². The maximum atomic E-state index is 12.9. The van der Waals surface area contributed by atoms with Crippen molar-refractivity contribution in [2.24, 2.45) is 5.92 Å². The molecule has 1 amide bonds. The number of morpholine rings is 1. The number of nitrogens with one attached hydrogen (secondary N) is 1. The number of carbonyl (C=O) groups excluding carboxylic acids is 1. The maximum Gasteiger partial charge on any atom is 0.391 e. The van der Waals surface area contributed by atoms with Crippen LogP contribution in [0.2, 0.25) is 0 Å². The molecule has 0 unspecified atom stereocenters. The fraction of sp³-hybridized carbons (Fsp3) is 0.647. The Labute approximate surface area is 144 Å². The Bertz CT molecular complexity index is 603. The van der Waals surface area contributed by atoms with E-state index in [4.69, 9.17) is 4.74 Å². The number of nitrogens with zero attached hydrogens (tertiary/aromatic N) is 2. The van der Waals surface area contributed by atoms with E-state index >= 15 is 0 Å². The average molecular weight is 357 g/mol. The van der Waals surface area contributed by atoms with Crippen LogP contribution in [0.25, 0.3) is 0 Å². The van der Waals surface area contributed by atoms with Gasteiger partial charge in [0.25, 0.3) is 5.91 Å². The van der Waals surface area contributed by atoms with Gasteiger partial charge in [-0.2, -0.15) is 13.2 Å². The molecule has 0 spiro atoms. The number of hydrogen-bond acceptors (Lipinski definition) is 4. The lowest BCUT2D eigenvalue weighted by atomic mass is 9.85. The molecule has 5 nitrogen and oxygen atoms in total. The molecule has 1 aromatic rings. The van der Waals surface area contributed by atoms with Crippen LogP contribution in [0.5, 0.6) is 0 Å². The lowest BCUT2D eigenvalue weighted by molar-refractivity contribution is -0.183. The maximum absolute atomic E-state index is 12.9. The van der Waals surface area contributed by atoms with E-state index in [-0.39, 0.29) is 18.7 Å². The van der Waals surface area contributed by atoms with Crippen LogP contribution in [0.4, 0.5) is 19.0 Å². The molecular weight excluding hydrogens is 335 g/mol. The van der Waals surface area contributed by atoms with Gasteiger partial charge in [-0.1, -0.05) is 6.42 Å². The second kappa shape index (κ2) is 7.59. The molecule has 0 radical (unpaired) electrons. The highest BCUT2D eigenvalue weighted by Crippen LogP contribution is 2.37. The van der Waals surface area contributed by atoms with Crippen LogP contribution in [0.1, 0.15) is 36.0 Å². The molecule has 8 heteroatoms. The zero-order chi connectivity index (χ0) is 17.9. The van der Waals surface area contributed by atoms with Gasteiger partial charge in [-0.25, -0.2) is 4.98 Å². The van der Waals surface area contributed by atoms with Gasteiger partial charge in [0.1, 0.15) is 5.82 Å². The van der Waals surface area contributed by atoms with Crippen molar-refractivity contribution in [3.8, 4) is 0 Å². The number of pyridine rings is 1. The first kappa shape index (κ1) is 18.0. The second-order valence-electron chi connectivity index (χ2n) is 6.55. The Balaban J connectivity index is 1.69. The zero-order valence-electron chi connectivity index (χ0n) is 13.9. The fourth-order valence-electron chi connectivity index (χ4n) is 3.48. The van der Waals surface area contributed by atoms with Crippen molar-refractivity contribution in [3.63, 3.8) is 0 Å². The van der Waals surface area contributed by atoms with E-state index < -0.39 is 18.1 Å². The predicted molar refractivity (Wildman–Crippen MR) is 86.5 cm³/mol. The highest BCUT2D eigenvalue weighted by Gasteiger charge is 2.42. The minimum atomic E-state index is -4.20. The van der Waals surface area contributed by atoms with Crippen molar-refractivity contribution in [2.45, 2.75) is 37.9 Å². The fourth-order valence-corrected chi connectivity index (χ4v) is 3.48. The lowest BCUT2D eigenvalue weighted by Crippen LogP contribution is -2.43. The summed E-state index contributed by atoms with van der Waals surface area (Å²) in [6.07, 6.45) is -1.45. The number of rotatable bonds is 3. The summed E-state index contributed by atoms with van der Waals surface area (Å²) in [5.74, 6) is -1.13. The van der Waals surface area contributed by atoms with Gasteiger partial charge in [0, 0.05) is 25.3 Å². The largest absolute Gasteiger partial charge is 0.391 e. The first-order valence-corrected chi connectivity index (χ1v) is 8.60. The summed E-state index contributed by atoms with van der Waals surface area (Å²) < 4.78 is 44.1. The van der Waals surface area contributed by atoms with Crippen LogP contribution in [0, 0.1) is 5.92 Å². The zero-order valence-corrected chi connectivity index (χ0v) is 13.9. The van der Waals surface area contributed by atoms with Crippen LogP contribution >= 0.6 is 0 Å². The monoisotopic (exact) mass is 357 g/mol. The predicted octanol–water partition coefficient (Wildman–Crippen LogP) is 2.77. The topological polar surface area (TPSA) is 54.5 Å². The van der Waals surface area contributed by atoms with Crippen LogP contribution in [0.15, 0.2) is 18.3 Å². The molecule has 1 aliphatic heterocycles. The van der Waals surface area contributed by atoms with E-state index in [1.807, 2.05) is 4.90 Å². The van der Waals surface area contributed by atoms with E-state index in [0.717, 1.165) is 0 Å². The van der Waals surface area contributed by atoms with Gasteiger partial charge >= 0.3 is 6.18 Å². The molecule has 138 valence electrons. The quantitative estimate of drug-likeness (QED) is 0.904. The summed E-state index contributed by atoms with van der Waals surface area (Å²) in [5, 5.41) is 2.78. The van der Waals surface area contributed by atoms with E-state index in [1.54, 1.807) is 18.3 Å². The first-order valence-electron chi connectivity index (χ1n) is 8.60. The molecule has 2 aliphatic rings. The van der Waals surface area contributed by atoms with Crippen LogP contribution in [0.3, 0.4) is 0 Å². The Hall–Kier alpha value is -1.83. The van der Waals surface area contributed by atoms with Crippen molar-refractivity contribution in [3.05, 3.63) is 23.9 Å². The molecule has 25 heavy (non-hydrogen) atoms. The van der Waals surface area contributed by atoms with Gasteiger partial charge in [-0.15, -0.1) is 0 Å². The molecule has 0 bridgehead atoms. The van der Waals surface area contributed by atoms with Crippen molar-refractivity contribution in [2.75, 3.05) is 31.2 Å². The van der Waals surface area contributed by atoms with Crippen LogP contribution < -0.4 is 10.2 Å². The summed E-state index contributed by atoms with van der Waals surface area (Å²) in [6.45, 7) is 2.40. The number of ether oxygens (including phenoxy) is 1. The molecule has 2 atom stereocenters. The molecule has 0 aromatic carbocycles. The number of alkyl halides is 3. The smallest absolute Gasteiger partial charge is 0.378 e. The minimum absolute atomic E-state index is 0.0532. The summed E-state index contributed by atoms with van der Waals surface area (Å²) in [5.41, 5.74) is 0.401. The first-order chi connectivity index (χ1) is 11.9. The highest BCUT2D eigenvalue weighted by molar-refractivity contribution is 5.99. The number of carbonyl (C=O) groups is 1. The third kappa shape index (κ3) is 4.42. The Morgan fingerprint density at radius 3 is 2.76 bits per heavy atom. The summed E-state index contributed by atoms with van der Waals surface area (Å²) in [4.78, 5) is 18.9. The van der Waals surface area contributed by atoms with Crippen molar-refractivity contribution in [1.82, 2.24) is 10.3 Å². The normalized spacial score (nSPS) is 24.8. The average Bonchev–Trinajstić information content (AvgIpc) is 2.62.